The van der Waals surface area contributed by atoms with Gasteiger partial charge < -0.3 is 24.4 Å². The average Bonchev–Trinajstić information content (AvgIpc) is 2.95. The molecule has 46 heavy (non-hydrogen) atoms. The number of benzene rings is 3. The largest absolute Gasteiger partial charge is 0.508 e. The summed E-state index contributed by atoms with van der Waals surface area (Å²) in [6.45, 7) is 13.1. The number of aromatic hydroxyl groups is 1. The molecule has 2 N–H and O–H groups in total. The van der Waals surface area contributed by atoms with E-state index in [9.17, 15) is 24.0 Å². The number of ether oxygens (including phenoxy) is 3. The standard InChI is InChI=1S/C35H46FO9P/c1-23-15-29(43-22-46(40,44-20-41-32(38)34(3,4)5)45-21-42-33(39)35(6,7)8)16-24(2)30(23)19-26-11-14-31(37)27(18-26)17-25-9-12-28(36)13-10-25/h9-16,18,32,37-38H,17,19-22H2,1-8H3. The van der Waals surface area contributed by atoms with E-state index < -0.39 is 50.6 Å². The van der Waals surface area contributed by atoms with Crippen LogP contribution in [0.3, 0.4) is 0 Å². The van der Waals surface area contributed by atoms with Crippen molar-refractivity contribution in [2.24, 2.45) is 10.8 Å². The van der Waals surface area contributed by atoms with Crippen LogP contribution in [0.5, 0.6) is 11.5 Å². The van der Waals surface area contributed by atoms with Gasteiger partial charge in [-0.25, -0.2) is 4.39 Å². The number of esters is 1. The third-order valence-electron chi connectivity index (χ3n) is 7.16. The molecule has 0 bridgehead atoms. The van der Waals surface area contributed by atoms with E-state index in [1.807, 2.05) is 38.1 Å². The van der Waals surface area contributed by atoms with E-state index >= 15 is 0 Å². The third kappa shape index (κ3) is 11.2. The summed E-state index contributed by atoms with van der Waals surface area (Å²) < 4.78 is 54.0. The highest BCUT2D eigenvalue weighted by Crippen LogP contribution is 2.48. The number of hydrogen-bond acceptors (Lipinski definition) is 9. The van der Waals surface area contributed by atoms with Gasteiger partial charge in [-0.3, -0.25) is 18.4 Å². The Morgan fingerprint density at radius 2 is 1.46 bits per heavy atom. The lowest BCUT2D eigenvalue weighted by Gasteiger charge is -2.26. The van der Waals surface area contributed by atoms with E-state index in [-0.39, 0.29) is 11.6 Å². The van der Waals surface area contributed by atoms with Crippen molar-refractivity contribution < 1.29 is 47.2 Å². The smallest absolute Gasteiger partial charge is 0.372 e. The van der Waals surface area contributed by atoms with Crippen LogP contribution in [0.1, 0.15) is 74.9 Å². The van der Waals surface area contributed by atoms with E-state index in [1.165, 1.54) is 12.1 Å². The van der Waals surface area contributed by atoms with E-state index in [0.29, 0.717) is 18.6 Å². The fourth-order valence-corrected chi connectivity index (χ4v) is 5.27. The maximum atomic E-state index is 13.6. The molecule has 0 aliphatic carbocycles. The predicted molar refractivity (Wildman–Crippen MR) is 173 cm³/mol. The molecule has 252 valence electrons. The summed E-state index contributed by atoms with van der Waals surface area (Å²) in [6, 6.07) is 15.3. The number of carbonyl (C=O) groups excluding carboxylic acids is 1. The van der Waals surface area contributed by atoms with Crippen molar-refractivity contribution in [3.63, 3.8) is 0 Å². The van der Waals surface area contributed by atoms with Crippen LogP contribution in [-0.4, -0.2) is 42.4 Å². The Morgan fingerprint density at radius 1 is 0.870 bits per heavy atom. The molecule has 0 saturated heterocycles. The molecular formula is C35H46FO9P. The average molecular weight is 661 g/mol. The minimum atomic E-state index is -4.02. The molecule has 0 aliphatic rings. The van der Waals surface area contributed by atoms with Crippen LogP contribution in [0.2, 0.25) is 0 Å². The summed E-state index contributed by atoms with van der Waals surface area (Å²) in [7, 11) is -4.02. The van der Waals surface area contributed by atoms with Gasteiger partial charge in [0.25, 0.3) is 0 Å². The van der Waals surface area contributed by atoms with Gasteiger partial charge in [-0.1, -0.05) is 45.0 Å². The number of carbonyl (C=O) groups is 1. The minimum absolute atomic E-state index is 0.172. The van der Waals surface area contributed by atoms with Gasteiger partial charge in [0.05, 0.1) is 5.41 Å². The highest BCUT2D eigenvalue weighted by atomic mass is 31.2. The van der Waals surface area contributed by atoms with Gasteiger partial charge in [-0.2, -0.15) is 0 Å². The summed E-state index contributed by atoms with van der Waals surface area (Å²) in [6.07, 6.45) is -0.639. The quantitative estimate of drug-likeness (QED) is 0.101. The summed E-state index contributed by atoms with van der Waals surface area (Å²) in [5.74, 6) is -0.256. The van der Waals surface area contributed by atoms with Crippen LogP contribution in [0.15, 0.2) is 54.6 Å². The summed E-state index contributed by atoms with van der Waals surface area (Å²) in [5, 5.41) is 20.6. The third-order valence-corrected chi connectivity index (χ3v) is 8.60. The molecule has 0 radical (unpaired) electrons. The van der Waals surface area contributed by atoms with Gasteiger partial charge in [-0.15, -0.1) is 0 Å². The highest BCUT2D eigenvalue weighted by molar-refractivity contribution is 7.53. The SMILES string of the molecule is Cc1cc(OCP(=O)(OCOC(=O)C(C)(C)C)OCOC(O)C(C)(C)C)cc(C)c1Cc1ccc(O)c(Cc2ccc(F)cc2)c1. The Morgan fingerprint density at radius 3 is 2.04 bits per heavy atom. The molecular weight excluding hydrogens is 614 g/mol. The molecule has 0 spiro atoms. The van der Waals surface area contributed by atoms with E-state index in [4.69, 9.17) is 23.3 Å². The second kappa shape index (κ2) is 15.5. The topological polar surface area (TPSA) is 121 Å². The van der Waals surface area contributed by atoms with Crippen LogP contribution < -0.4 is 4.74 Å². The lowest BCUT2D eigenvalue weighted by atomic mass is 9.93. The van der Waals surface area contributed by atoms with Crippen molar-refractivity contribution in [2.75, 3.05) is 19.9 Å². The molecule has 0 fully saturated rings. The number of phenols is 1. The van der Waals surface area contributed by atoms with Gasteiger partial charge in [-0.05, 0) is 105 Å². The Kier molecular flexibility index (Phi) is 12.6. The van der Waals surface area contributed by atoms with Crippen molar-refractivity contribution in [3.05, 3.63) is 93.8 Å². The molecule has 2 atom stereocenters. The number of hydrogen-bond donors (Lipinski definition) is 2. The fraction of sp³-hybridized carbons (Fsp3) is 0.457. The van der Waals surface area contributed by atoms with Gasteiger partial charge >= 0.3 is 13.6 Å². The lowest BCUT2D eigenvalue weighted by Crippen LogP contribution is -2.29. The molecule has 0 aliphatic heterocycles. The van der Waals surface area contributed by atoms with Crippen molar-refractivity contribution in [3.8, 4) is 11.5 Å². The molecule has 0 amide bonds. The van der Waals surface area contributed by atoms with Gasteiger partial charge in [0.1, 0.15) is 17.3 Å². The van der Waals surface area contributed by atoms with Gasteiger partial charge in [0, 0.05) is 11.8 Å². The summed E-state index contributed by atoms with van der Waals surface area (Å²) >= 11 is 0. The number of aliphatic hydroxyl groups excluding tert-OH is 1. The lowest BCUT2D eigenvalue weighted by molar-refractivity contribution is -0.193. The first-order chi connectivity index (χ1) is 21.4. The van der Waals surface area contributed by atoms with Crippen molar-refractivity contribution in [1.82, 2.24) is 0 Å². The first kappa shape index (κ1) is 37.2. The number of phenolic OH excluding ortho intramolecular Hbond substituents is 1. The Bertz CT molecular complexity index is 1500. The van der Waals surface area contributed by atoms with E-state index in [2.05, 4.69) is 0 Å². The summed E-state index contributed by atoms with van der Waals surface area (Å²) in [5.41, 5.74) is 4.13. The molecule has 3 aromatic rings. The monoisotopic (exact) mass is 660 g/mol. The Labute approximate surface area is 271 Å². The van der Waals surface area contributed by atoms with Gasteiger partial charge in [0.2, 0.25) is 6.79 Å². The van der Waals surface area contributed by atoms with Crippen LogP contribution >= 0.6 is 7.60 Å². The predicted octanol–water partition coefficient (Wildman–Crippen LogP) is 7.78. The molecule has 3 rings (SSSR count). The fourth-order valence-electron chi connectivity index (χ4n) is 4.30. The molecule has 9 nitrogen and oxygen atoms in total. The molecule has 3 aromatic carbocycles. The maximum Gasteiger partial charge on any atom is 0.372 e. The first-order valence-corrected chi connectivity index (χ1v) is 16.7. The van der Waals surface area contributed by atoms with Crippen LogP contribution in [0, 0.1) is 30.5 Å². The second-order valence-corrected chi connectivity index (χ2v) is 15.4. The van der Waals surface area contributed by atoms with Crippen molar-refractivity contribution in [2.45, 2.75) is 74.5 Å². The maximum absolute atomic E-state index is 13.6. The molecule has 11 heteroatoms. The first-order valence-electron chi connectivity index (χ1n) is 15.0. The normalized spacial score (nSPS) is 14.0. The second-order valence-electron chi connectivity index (χ2n) is 13.4. The molecule has 0 saturated carbocycles. The molecule has 0 aromatic heterocycles. The van der Waals surface area contributed by atoms with E-state index in [1.54, 1.807) is 59.7 Å². The Hall–Kier alpha value is -3.27. The zero-order chi connectivity index (χ0) is 34.3. The molecule has 2 unspecified atom stereocenters. The minimum Gasteiger partial charge on any atom is -0.508 e. The highest BCUT2D eigenvalue weighted by Gasteiger charge is 2.31. The number of aliphatic hydroxyl groups is 1. The number of aryl methyl sites for hydroxylation is 2. The van der Waals surface area contributed by atoms with Crippen molar-refractivity contribution >= 4 is 13.6 Å². The number of rotatable bonds is 14. The van der Waals surface area contributed by atoms with Gasteiger partial charge in [0.15, 0.2) is 19.4 Å². The van der Waals surface area contributed by atoms with Crippen LogP contribution in [0.25, 0.3) is 0 Å². The number of halogens is 1. The van der Waals surface area contributed by atoms with Crippen molar-refractivity contribution in [1.29, 1.82) is 0 Å². The van der Waals surface area contributed by atoms with Crippen LogP contribution in [-0.2, 0) is 40.7 Å². The zero-order valence-corrected chi connectivity index (χ0v) is 28.8. The van der Waals surface area contributed by atoms with Crippen LogP contribution in [0.4, 0.5) is 4.39 Å². The summed E-state index contributed by atoms with van der Waals surface area (Å²) in [4.78, 5) is 12.2. The molecule has 0 heterocycles. The van der Waals surface area contributed by atoms with E-state index in [0.717, 1.165) is 33.4 Å². The zero-order valence-electron chi connectivity index (χ0n) is 27.9. The Balaban J connectivity index is 1.72.